The molecule has 0 rings (SSSR count). The molecule has 0 saturated carbocycles. The first-order chi connectivity index (χ1) is 10.2. The first-order valence-electron chi connectivity index (χ1n) is 9.26. The van der Waals surface area contributed by atoms with Crippen LogP contribution in [0.2, 0.25) is 0 Å². The maximum absolute atomic E-state index is 2.55. The summed E-state index contributed by atoms with van der Waals surface area (Å²) in [7, 11) is 0. The predicted octanol–water partition coefficient (Wildman–Crippen LogP) is 8.36. The Hall–Kier alpha value is 0.210. The molecule has 0 nitrogen and oxygen atoms in total. The van der Waals surface area contributed by atoms with Crippen LogP contribution < -0.4 is 0 Å². The van der Waals surface area contributed by atoms with Crippen LogP contribution in [0.1, 0.15) is 104 Å². The van der Waals surface area contributed by atoms with E-state index in [1.807, 2.05) is 0 Å². The standard InChI is InChI=1S/C20H37I/c1-4-7-10-12-17-20(21)18-13-16-19(14-9-6-3)15-11-8-5-2/h15,18H,4-14,16-17H2,1-3H3/b19-15+,20-18+. The third-order valence-electron chi connectivity index (χ3n) is 3.94. The van der Waals surface area contributed by atoms with Crippen molar-refractivity contribution in [1.29, 1.82) is 0 Å². The van der Waals surface area contributed by atoms with Crippen LogP contribution in [-0.4, -0.2) is 0 Å². The van der Waals surface area contributed by atoms with Crippen LogP contribution in [0.5, 0.6) is 0 Å². The minimum atomic E-state index is 1.24. The summed E-state index contributed by atoms with van der Waals surface area (Å²) in [5, 5.41) is 0. The largest absolute Gasteiger partial charge is 0.0853 e. The third kappa shape index (κ3) is 14.9. The molecule has 0 aliphatic rings. The Labute approximate surface area is 148 Å². The van der Waals surface area contributed by atoms with Gasteiger partial charge in [-0.2, -0.15) is 0 Å². The number of rotatable bonds is 14. The molecule has 0 aromatic heterocycles. The summed E-state index contributed by atoms with van der Waals surface area (Å²) in [5.74, 6) is 0. The quantitative estimate of drug-likeness (QED) is 0.155. The van der Waals surface area contributed by atoms with Crippen LogP contribution in [-0.2, 0) is 0 Å². The highest BCUT2D eigenvalue weighted by atomic mass is 127. The molecule has 124 valence electrons. The molecular formula is C20H37I. The maximum atomic E-state index is 2.55. The normalized spacial score (nSPS) is 13.0. The van der Waals surface area contributed by atoms with Gasteiger partial charge in [0.25, 0.3) is 0 Å². The smallest absolute Gasteiger partial charge is 0.0134 e. The number of halogens is 1. The van der Waals surface area contributed by atoms with Crippen molar-refractivity contribution < 1.29 is 0 Å². The van der Waals surface area contributed by atoms with E-state index in [1.165, 1.54) is 83.5 Å². The molecule has 1 heteroatoms. The summed E-state index contributed by atoms with van der Waals surface area (Å²) in [6.07, 6.45) is 22.3. The average molecular weight is 404 g/mol. The number of hydrogen-bond donors (Lipinski definition) is 0. The lowest BCUT2D eigenvalue weighted by Crippen LogP contribution is -1.86. The van der Waals surface area contributed by atoms with Crippen LogP contribution in [0.3, 0.4) is 0 Å². The Kier molecular flexibility index (Phi) is 16.7. The molecule has 0 spiro atoms. The highest BCUT2D eigenvalue weighted by molar-refractivity contribution is 14.1. The van der Waals surface area contributed by atoms with Crippen LogP contribution in [0, 0.1) is 0 Å². The second-order valence-corrected chi connectivity index (χ2v) is 7.49. The van der Waals surface area contributed by atoms with E-state index in [2.05, 4.69) is 55.5 Å². The number of hydrogen-bond acceptors (Lipinski definition) is 0. The van der Waals surface area contributed by atoms with Crippen molar-refractivity contribution >= 4 is 22.6 Å². The van der Waals surface area contributed by atoms with Crippen molar-refractivity contribution in [1.82, 2.24) is 0 Å². The molecular weight excluding hydrogens is 367 g/mol. The van der Waals surface area contributed by atoms with Crippen LogP contribution in [0.25, 0.3) is 0 Å². The maximum Gasteiger partial charge on any atom is -0.0134 e. The fourth-order valence-electron chi connectivity index (χ4n) is 2.48. The molecule has 0 atom stereocenters. The van der Waals surface area contributed by atoms with E-state index in [1.54, 1.807) is 9.15 Å². The van der Waals surface area contributed by atoms with Crippen molar-refractivity contribution in [3.05, 3.63) is 21.3 Å². The molecule has 0 saturated heterocycles. The van der Waals surface area contributed by atoms with Gasteiger partial charge in [0, 0.05) is 0 Å². The van der Waals surface area contributed by atoms with Gasteiger partial charge in [-0.3, -0.25) is 0 Å². The summed E-state index contributed by atoms with van der Waals surface area (Å²) in [6, 6.07) is 0. The van der Waals surface area contributed by atoms with Gasteiger partial charge in [-0.25, -0.2) is 0 Å². The Morgan fingerprint density at radius 3 is 2.05 bits per heavy atom. The van der Waals surface area contributed by atoms with Gasteiger partial charge in [-0.1, -0.05) is 77.0 Å². The molecule has 0 unspecified atom stereocenters. The highest BCUT2D eigenvalue weighted by Crippen LogP contribution is 2.21. The molecule has 0 radical (unpaired) electrons. The van der Waals surface area contributed by atoms with E-state index in [4.69, 9.17) is 0 Å². The molecule has 0 aromatic rings. The van der Waals surface area contributed by atoms with Crippen molar-refractivity contribution in [2.45, 2.75) is 104 Å². The zero-order chi connectivity index (χ0) is 15.8. The first-order valence-corrected chi connectivity index (χ1v) is 10.3. The summed E-state index contributed by atoms with van der Waals surface area (Å²) >= 11 is 2.55. The van der Waals surface area contributed by atoms with E-state index in [0.717, 1.165) is 0 Å². The molecule has 0 bridgehead atoms. The van der Waals surface area contributed by atoms with Crippen LogP contribution >= 0.6 is 22.6 Å². The van der Waals surface area contributed by atoms with Gasteiger partial charge < -0.3 is 0 Å². The molecule has 0 aromatic carbocycles. The Morgan fingerprint density at radius 2 is 1.38 bits per heavy atom. The van der Waals surface area contributed by atoms with Gasteiger partial charge >= 0.3 is 0 Å². The van der Waals surface area contributed by atoms with Gasteiger partial charge in [0.05, 0.1) is 0 Å². The topological polar surface area (TPSA) is 0 Å². The Bertz CT molecular complexity index is 276. The van der Waals surface area contributed by atoms with Gasteiger partial charge in [-0.15, -0.1) is 0 Å². The second-order valence-electron chi connectivity index (χ2n) is 6.11. The first kappa shape index (κ1) is 21.2. The summed E-state index contributed by atoms with van der Waals surface area (Å²) in [6.45, 7) is 6.86. The third-order valence-corrected chi connectivity index (χ3v) is 4.92. The predicted molar refractivity (Wildman–Crippen MR) is 107 cm³/mol. The van der Waals surface area contributed by atoms with Crippen molar-refractivity contribution in [3.63, 3.8) is 0 Å². The zero-order valence-corrected chi connectivity index (χ0v) is 16.9. The molecule has 0 heterocycles. The lowest BCUT2D eigenvalue weighted by Gasteiger charge is -2.06. The summed E-state index contributed by atoms with van der Waals surface area (Å²) in [4.78, 5) is 0. The Morgan fingerprint density at radius 1 is 0.667 bits per heavy atom. The highest BCUT2D eigenvalue weighted by Gasteiger charge is 1.98. The second kappa shape index (κ2) is 16.6. The van der Waals surface area contributed by atoms with E-state index in [9.17, 15) is 0 Å². The van der Waals surface area contributed by atoms with Crippen molar-refractivity contribution in [2.24, 2.45) is 0 Å². The molecule has 0 N–H and O–H groups in total. The number of unbranched alkanes of at least 4 members (excludes halogenated alkanes) is 6. The fraction of sp³-hybridized carbons (Fsp3) is 0.800. The SMILES string of the molecule is CCCC/C=C(/CC/C=C(/I)CCCCCC)CCCC. The van der Waals surface area contributed by atoms with Gasteiger partial charge in [0.2, 0.25) is 0 Å². The minimum Gasteiger partial charge on any atom is -0.0853 e. The lowest BCUT2D eigenvalue weighted by molar-refractivity contribution is 0.672. The minimum absolute atomic E-state index is 1.24. The molecule has 21 heavy (non-hydrogen) atoms. The van der Waals surface area contributed by atoms with Gasteiger partial charge in [-0.05, 0) is 71.1 Å². The van der Waals surface area contributed by atoms with Gasteiger partial charge in [0.1, 0.15) is 0 Å². The Balaban J connectivity index is 4.00. The molecule has 0 fully saturated rings. The monoisotopic (exact) mass is 404 g/mol. The molecule has 0 amide bonds. The van der Waals surface area contributed by atoms with Gasteiger partial charge in [0.15, 0.2) is 0 Å². The summed E-state index contributed by atoms with van der Waals surface area (Å²) in [5.41, 5.74) is 1.71. The fourth-order valence-corrected chi connectivity index (χ4v) is 3.17. The molecule has 0 aliphatic carbocycles. The zero-order valence-electron chi connectivity index (χ0n) is 14.7. The average Bonchev–Trinajstić information content (AvgIpc) is 2.49. The number of allylic oxidation sites excluding steroid dienone is 4. The van der Waals surface area contributed by atoms with E-state index >= 15 is 0 Å². The molecule has 0 aliphatic heterocycles. The van der Waals surface area contributed by atoms with Crippen LogP contribution in [0.15, 0.2) is 21.3 Å². The lowest BCUT2D eigenvalue weighted by atomic mass is 10.0. The van der Waals surface area contributed by atoms with Crippen LogP contribution in [0.4, 0.5) is 0 Å². The summed E-state index contributed by atoms with van der Waals surface area (Å²) < 4.78 is 1.58. The van der Waals surface area contributed by atoms with E-state index in [0.29, 0.717) is 0 Å². The van der Waals surface area contributed by atoms with Crippen molar-refractivity contribution in [3.8, 4) is 0 Å². The van der Waals surface area contributed by atoms with E-state index < -0.39 is 0 Å². The van der Waals surface area contributed by atoms with E-state index in [-0.39, 0.29) is 0 Å². The van der Waals surface area contributed by atoms with Crippen molar-refractivity contribution in [2.75, 3.05) is 0 Å².